The molecule has 1 fully saturated rings. The second-order valence-electron chi connectivity index (χ2n) is 3.33. The van der Waals surface area contributed by atoms with Crippen LogP contribution in [0.2, 0.25) is 0 Å². The molecule has 1 saturated heterocycles. The van der Waals surface area contributed by atoms with Crippen molar-refractivity contribution in [3.05, 3.63) is 0 Å². The standard InChI is InChI=1S/C5H13NO7P2.4Na/c7-5(14(8,9)10,15(11,12)13)4-2-1-3-6-4;;;;/h4,6-7H,1-3H2,(H2,8,9,10)(H2,11,12,13);;;;/q;4*+1/p-4/t4-;;;;/m0..../s1. The van der Waals surface area contributed by atoms with Crippen molar-refractivity contribution < 1.29 is 152 Å². The van der Waals surface area contributed by atoms with E-state index in [4.69, 9.17) is 0 Å². The summed E-state index contributed by atoms with van der Waals surface area (Å²) in [5, 5.41) is 7.89. The molecule has 1 atom stereocenters. The van der Waals surface area contributed by atoms with E-state index in [0.29, 0.717) is 6.42 Å². The maximum absolute atomic E-state index is 10.7. The molecule has 0 aromatic rings. The van der Waals surface area contributed by atoms with Gasteiger partial charge in [0, 0.05) is 6.04 Å². The molecule has 0 aliphatic carbocycles. The Morgan fingerprint density at radius 3 is 1.58 bits per heavy atom. The second-order valence-corrected chi connectivity index (χ2v) is 7.04. The molecule has 0 saturated carbocycles. The van der Waals surface area contributed by atoms with Crippen molar-refractivity contribution in [2.45, 2.75) is 24.0 Å². The molecule has 1 aliphatic rings. The fourth-order valence-corrected chi connectivity index (χ4v) is 3.95. The van der Waals surface area contributed by atoms with E-state index in [-0.39, 0.29) is 131 Å². The molecule has 0 spiro atoms. The van der Waals surface area contributed by atoms with Gasteiger partial charge in [0.05, 0.1) is 0 Å². The predicted molar refractivity (Wildman–Crippen MR) is 41.2 cm³/mol. The molecule has 0 radical (unpaired) electrons. The summed E-state index contributed by atoms with van der Waals surface area (Å²) in [7, 11) is -11.9. The Hall–Kier alpha value is 4.22. The van der Waals surface area contributed by atoms with Crippen LogP contribution in [0.25, 0.3) is 0 Å². The van der Waals surface area contributed by atoms with E-state index < -0.39 is 26.3 Å². The van der Waals surface area contributed by atoms with Crippen molar-refractivity contribution >= 4 is 15.2 Å². The summed E-state index contributed by atoms with van der Waals surface area (Å²) < 4.78 is 21.4. The summed E-state index contributed by atoms with van der Waals surface area (Å²) in [6.45, 7) is 0.243. The molecule has 0 amide bonds. The van der Waals surface area contributed by atoms with Gasteiger partial charge in [-0.1, -0.05) is 0 Å². The van der Waals surface area contributed by atoms with Crippen LogP contribution in [0.5, 0.6) is 0 Å². The Balaban J connectivity index is -0.000000281. The normalized spacial score (nSPS) is 19.3. The van der Waals surface area contributed by atoms with Gasteiger partial charge in [-0.15, -0.1) is 0 Å². The quantitative estimate of drug-likeness (QED) is 0.375. The van der Waals surface area contributed by atoms with E-state index in [1.54, 1.807) is 0 Å². The van der Waals surface area contributed by atoms with Gasteiger partial charge in [-0.25, -0.2) is 0 Å². The number of rotatable bonds is 3. The number of hydrogen-bond donors (Lipinski definition) is 2. The maximum Gasteiger partial charge on any atom is 1.00 e. The summed E-state index contributed by atoms with van der Waals surface area (Å²) in [6, 6.07) is -1.54. The van der Waals surface area contributed by atoms with E-state index in [1.165, 1.54) is 0 Å². The number of aliphatic hydroxyl groups is 1. The third-order valence-electron chi connectivity index (χ3n) is 2.33. The van der Waals surface area contributed by atoms with Gasteiger partial charge in [-0.05, 0) is 34.6 Å². The van der Waals surface area contributed by atoms with Crippen LogP contribution in [0.3, 0.4) is 0 Å². The van der Waals surface area contributed by atoms with Crippen molar-refractivity contribution in [2.24, 2.45) is 0 Å². The van der Waals surface area contributed by atoms with E-state index in [1.807, 2.05) is 0 Å². The fourth-order valence-electron chi connectivity index (χ4n) is 1.55. The molecule has 8 nitrogen and oxygen atoms in total. The fraction of sp³-hybridized carbons (Fsp3) is 1.00. The predicted octanol–water partition coefficient (Wildman–Crippen LogP) is -15.8. The van der Waals surface area contributed by atoms with Crippen LogP contribution in [0.4, 0.5) is 0 Å². The smallest absolute Gasteiger partial charge is 0.808 e. The summed E-state index contributed by atoms with van der Waals surface area (Å²) in [5.74, 6) is 0. The summed E-state index contributed by atoms with van der Waals surface area (Å²) >= 11 is 0. The van der Waals surface area contributed by atoms with Gasteiger partial charge in [-0.2, -0.15) is 0 Å². The molecule has 2 N–H and O–H groups in total. The zero-order chi connectivity index (χ0) is 11.9. The minimum atomic E-state index is -5.95. The molecule has 0 aromatic heterocycles. The Morgan fingerprint density at radius 1 is 1.00 bits per heavy atom. The maximum atomic E-state index is 10.7. The van der Waals surface area contributed by atoms with Gasteiger partial charge in [0.15, 0.2) is 0 Å². The summed E-state index contributed by atoms with van der Waals surface area (Å²) in [6.07, 6.45) is 0.326. The molecule has 14 heteroatoms. The minimum absolute atomic E-state index is 0. The molecule has 0 unspecified atom stereocenters. The summed E-state index contributed by atoms with van der Waals surface area (Å²) in [4.78, 5) is 42.8. The zero-order valence-corrected chi connectivity index (χ0v) is 21.3. The molecular formula is C5H9NNa4O7P2. The van der Waals surface area contributed by atoms with E-state index in [0.717, 1.165) is 0 Å². The van der Waals surface area contributed by atoms with Gasteiger partial charge in [0.1, 0.15) is 5.08 Å². The van der Waals surface area contributed by atoms with E-state index in [2.05, 4.69) is 5.32 Å². The van der Waals surface area contributed by atoms with Gasteiger partial charge in [-0.3, -0.25) is 0 Å². The van der Waals surface area contributed by atoms with E-state index >= 15 is 0 Å². The topological polar surface area (TPSA) is 159 Å². The van der Waals surface area contributed by atoms with Crippen LogP contribution in [-0.4, -0.2) is 22.8 Å². The van der Waals surface area contributed by atoms with Gasteiger partial charge >= 0.3 is 118 Å². The first kappa shape index (κ1) is 31.0. The van der Waals surface area contributed by atoms with Gasteiger partial charge in [0.2, 0.25) is 0 Å². The van der Waals surface area contributed by atoms with Crippen LogP contribution in [0.15, 0.2) is 0 Å². The Kier molecular flexibility index (Phi) is 19.1. The Bertz CT molecular complexity index is 318. The van der Waals surface area contributed by atoms with Crippen LogP contribution in [0, 0.1) is 0 Å². The molecule has 1 heterocycles. The SMILES string of the molecule is O=P([O-])([O-])C(O)([C@@H]1CCCN1)P(=O)([O-])[O-].[Na+].[Na+].[Na+].[Na+]. The van der Waals surface area contributed by atoms with Gasteiger partial charge in [0.25, 0.3) is 0 Å². The first-order chi connectivity index (χ1) is 6.61. The second kappa shape index (κ2) is 11.7. The first-order valence-electron chi connectivity index (χ1n) is 4.11. The Labute approximate surface area is 199 Å². The van der Waals surface area contributed by atoms with Gasteiger partial charge < -0.3 is 39.1 Å². The van der Waals surface area contributed by atoms with Crippen molar-refractivity contribution in [3.8, 4) is 0 Å². The van der Waals surface area contributed by atoms with E-state index in [9.17, 15) is 33.8 Å². The number of hydrogen-bond acceptors (Lipinski definition) is 8. The molecule has 90 valence electrons. The third kappa shape index (κ3) is 7.32. The van der Waals surface area contributed by atoms with Crippen molar-refractivity contribution in [3.63, 3.8) is 0 Å². The average Bonchev–Trinajstić information content (AvgIpc) is 2.49. The first-order valence-corrected chi connectivity index (χ1v) is 7.19. The molecule has 0 bridgehead atoms. The molecule has 0 aromatic carbocycles. The van der Waals surface area contributed by atoms with Crippen molar-refractivity contribution in [1.82, 2.24) is 5.32 Å². The minimum Gasteiger partial charge on any atom is -0.808 e. The summed E-state index contributed by atoms with van der Waals surface area (Å²) in [5.41, 5.74) is 0. The Morgan fingerprint density at radius 2 is 1.37 bits per heavy atom. The van der Waals surface area contributed by atoms with Crippen LogP contribution in [-0.2, 0) is 9.13 Å². The van der Waals surface area contributed by atoms with Crippen molar-refractivity contribution in [1.29, 1.82) is 0 Å². The molecular weight excluding hydrogens is 340 g/mol. The van der Waals surface area contributed by atoms with Crippen LogP contribution >= 0.6 is 15.2 Å². The third-order valence-corrected chi connectivity index (χ3v) is 6.04. The number of nitrogens with one attached hydrogen (secondary N) is 1. The average molecular weight is 349 g/mol. The molecule has 19 heavy (non-hydrogen) atoms. The molecule has 1 rings (SSSR count). The largest absolute Gasteiger partial charge is 1.00 e. The van der Waals surface area contributed by atoms with Crippen LogP contribution in [0.1, 0.15) is 12.8 Å². The van der Waals surface area contributed by atoms with Crippen molar-refractivity contribution in [2.75, 3.05) is 6.54 Å². The van der Waals surface area contributed by atoms with Crippen LogP contribution < -0.4 is 143 Å². The molecule has 1 aliphatic heterocycles. The monoisotopic (exact) mass is 349 g/mol. The zero-order valence-electron chi connectivity index (χ0n) is 11.5.